The zero-order chi connectivity index (χ0) is 21.0. The van der Waals surface area contributed by atoms with Gasteiger partial charge in [0.05, 0.1) is 12.8 Å². The van der Waals surface area contributed by atoms with Gasteiger partial charge in [-0.25, -0.2) is 0 Å². The van der Waals surface area contributed by atoms with E-state index in [0.717, 1.165) is 28.0 Å². The lowest BCUT2D eigenvalue weighted by molar-refractivity contribution is 0.475. The third-order valence-corrected chi connectivity index (χ3v) is 4.57. The number of nitrogens with one attached hydrogen (secondary N) is 4. The average molecular weight is 413 g/mol. The maximum atomic E-state index is 9.49. The van der Waals surface area contributed by atoms with Gasteiger partial charge in [-0.05, 0) is 60.0 Å². The van der Waals surface area contributed by atoms with E-state index in [2.05, 4.69) is 35.9 Å². The summed E-state index contributed by atoms with van der Waals surface area (Å²) in [7, 11) is 0. The Bertz CT molecular complexity index is 1300. The second-order valence-electron chi connectivity index (χ2n) is 6.82. The zero-order valence-corrected chi connectivity index (χ0v) is 16.3. The van der Waals surface area contributed by atoms with Crippen molar-refractivity contribution in [1.29, 1.82) is 0 Å². The van der Waals surface area contributed by atoms with Crippen LogP contribution in [0.5, 0.6) is 5.75 Å². The molecule has 154 valence electrons. The van der Waals surface area contributed by atoms with E-state index in [1.54, 1.807) is 30.5 Å². The summed E-state index contributed by atoms with van der Waals surface area (Å²) in [6.07, 6.45) is 3.51. The van der Waals surface area contributed by atoms with Crippen LogP contribution in [0.4, 0.5) is 29.2 Å². The number of furan rings is 1. The number of H-pyrrole nitrogens is 1. The smallest absolute Gasteiger partial charge is 0.233 e. The van der Waals surface area contributed by atoms with Crippen molar-refractivity contribution in [1.82, 2.24) is 19.9 Å². The quantitative estimate of drug-likeness (QED) is 0.242. The first-order valence-corrected chi connectivity index (χ1v) is 9.64. The zero-order valence-electron chi connectivity index (χ0n) is 16.3. The monoisotopic (exact) mass is 413 g/mol. The second-order valence-corrected chi connectivity index (χ2v) is 6.82. The number of hydrogen-bond donors (Lipinski definition) is 5. The van der Waals surface area contributed by atoms with Gasteiger partial charge in [0.2, 0.25) is 17.8 Å². The van der Waals surface area contributed by atoms with Gasteiger partial charge in [-0.2, -0.15) is 15.0 Å². The summed E-state index contributed by atoms with van der Waals surface area (Å²) in [5.41, 5.74) is 2.59. The van der Waals surface area contributed by atoms with Crippen molar-refractivity contribution < 1.29 is 9.52 Å². The van der Waals surface area contributed by atoms with Crippen molar-refractivity contribution >= 4 is 40.1 Å². The summed E-state index contributed by atoms with van der Waals surface area (Å²) in [5.74, 6) is 2.07. The Kier molecular flexibility index (Phi) is 4.82. The minimum Gasteiger partial charge on any atom is -0.508 e. The summed E-state index contributed by atoms with van der Waals surface area (Å²) in [5, 5.41) is 20.1. The molecule has 5 rings (SSSR count). The van der Waals surface area contributed by atoms with Crippen LogP contribution in [-0.4, -0.2) is 25.0 Å². The highest BCUT2D eigenvalue weighted by Gasteiger charge is 2.09. The maximum absolute atomic E-state index is 9.49. The highest BCUT2D eigenvalue weighted by Crippen LogP contribution is 2.23. The highest BCUT2D eigenvalue weighted by molar-refractivity contribution is 5.83. The molecule has 0 saturated carbocycles. The maximum Gasteiger partial charge on any atom is 0.233 e. The van der Waals surface area contributed by atoms with E-state index < -0.39 is 0 Å². The van der Waals surface area contributed by atoms with E-state index in [0.29, 0.717) is 24.4 Å². The molecule has 3 heterocycles. The molecule has 0 aliphatic carbocycles. The van der Waals surface area contributed by atoms with Crippen LogP contribution in [0, 0.1) is 0 Å². The molecule has 5 aromatic rings. The third-order valence-electron chi connectivity index (χ3n) is 4.57. The number of rotatable bonds is 7. The van der Waals surface area contributed by atoms with E-state index in [4.69, 9.17) is 4.42 Å². The van der Waals surface area contributed by atoms with Gasteiger partial charge in [0.15, 0.2) is 0 Å². The van der Waals surface area contributed by atoms with Crippen molar-refractivity contribution in [2.75, 3.05) is 16.0 Å². The van der Waals surface area contributed by atoms with E-state index in [9.17, 15) is 5.11 Å². The first kappa shape index (κ1) is 18.5. The number of hydrogen-bond acceptors (Lipinski definition) is 8. The molecule has 3 aromatic heterocycles. The highest BCUT2D eigenvalue weighted by atomic mass is 16.3. The first-order chi connectivity index (χ1) is 15.2. The Morgan fingerprint density at radius 2 is 1.58 bits per heavy atom. The van der Waals surface area contributed by atoms with Gasteiger partial charge >= 0.3 is 0 Å². The number of aromatic amines is 1. The van der Waals surface area contributed by atoms with Crippen LogP contribution in [0.25, 0.3) is 10.9 Å². The van der Waals surface area contributed by atoms with Crippen LogP contribution in [0.15, 0.2) is 77.5 Å². The molecular formula is C22H19N7O2. The second kappa shape index (κ2) is 8.07. The van der Waals surface area contributed by atoms with Gasteiger partial charge in [-0.3, -0.25) is 0 Å². The predicted octanol–water partition coefficient (Wildman–Crippen LogP) is 4.75. The lowest BCUT2D eigenvalue weighted by atomic mass is 10.2. The van der Waals surface area contributed by atoms with E-state index in [-0.39, 0.29) is 5.75 Å². The summed E-state index contributed by atoms with van der Waals surface area (Å²) < 4.78 is 5.36. The van der Waals surface area contributed by atoms with Crippen molar-refractivity contribution in [3.63, 3.8) is 0 Å². The Morgan fingerprint density at radius 3 is 2.35 bits per heavy atom. The Morgan fingerprint density at radius 1 is 0.839 bits per heavy atom. The standard InChI is InChI=1S/C22H19N7O2/c30-17-7-5-15(6-8-17)25-21-27-20(24-13-18-2-1-11-31-18)28-22(29-21)26-16-4-3-14-9-10-23-19(14)12-16/h1-12,23,30H,13H2,(H3,24,25,26,27,28,29). The van der Waals surface area contributed by atoms with Gasteiger partial charge in [0.1, 0.15) is 11.5 Å². The molecule has 0 aliphatic rings. The fraction of sp³-hybridized carbons (Fsp3) is 0.0455. The van der Waals surface area contributed by atoms with Crippen LogP contribution in [0.3, 0.4) is 0 Å². The number of nitrogens with zero attached hydrogens (tertiary/aromatic N) is 3. The summed E-state index contributed by atoms with van der Waals surface area (Å²) in [6, 6.07) is 18.3. The van der Waals surface area contributed by atoms with E-state index in [1.807, 2.05) is 42.6 Å². The molecule has 0 spiro atoms. The van der Waals surface area contributed by atoms with Gasteiger partial charge in [0.25, 0.3) is 0 Å². The summed E-state index contributed by atoms with van der Waals surface area (Å²) in [6.45, 7) is 0.434. The molecule has 5 N–H and O–H groups in total. The first-order valence-electron chi connectivity index (χ1n) is 9.64. The van der Waals surface area contributed by atoms with Gasteiger partial charge in [-0.15, -0.1) is 0 Å². The SMILES string of the molecule is Oc1ccc(Nc2nc(NCc3ccco3)nc(Nc3ccc4cc[nH]c4c3)n2)cc1. The average Bonchev–Trinajstić information content (AvgIpc) is 3.45. The normalized spacial score (nSPS) is 10.8. The fourth-order valence-electron chi connectivity index (χ4n) is 3.07. The van der Waals surface area contributed by atoms with Crippen LogP contribution < -0.4 is 16.0 Å². The van der Waals surface area contributed by atoms with Crippen molar-refractivity contribution in [3.8, 4) is 5.75 Å². The number of benzene rings is 2. The van der Waals surface area contributed by atoms with Gasteiger partial charge in [0, 0.05) is 23.1 Å². The molecule has 0 unspecified atom stereocenters. The molecular weight excluding hydrogens is 394 g/mol. The molecule has 0 atom stereocenters. The van der Waals surface area contributed by atoms with Crippen molar-refractivity contribution in [2.45, 2.75) is 6.54 Å². The molecule has 0 saturated heterocycles. The molecule has 9 nitrogen and oxygen atoms in total. The number of aromatic nitrogens is 4. The number of phenolic OH excluding ortho intramolecular Hbond substituents is 1. The number of phenols is 1. The van der Waals surface area contributed by atoms with Crippen LogP contribution >= 0.6 is 0 Å². The van der Waals surface area contributed by atoms with Crippen LogP contribution in [0.1, 0.15) is 5.76 Å². The molecule has 0 bridgehead atoms. The molecule has 0 fully saturated rings. The summed E-state index contributed by atoms with van der Waals surface area (Å²) >= 11 is 0. The number of anilines is 5. The van der Waals surface area contributed by atoms with E-state index in [1.165, 1.54) is 0 Å². The number of fused-ring (bicyclic) bond motifs is 1. The molecule has 31 heavy (non-hydrogen) atoms. The molecule has 0 radical (unpaired) electrons. The Balaban J connectivity index is 1.42. The third kappa shape index (κ3) is 4.40. The largest absolute Gasteiger partial charge is 0.508 e. The van der Waals surface area contributed by atoms with E-state index >= 15 is 0 Å². The molecule has 9 heteroatoms. The molecule has 2 aromatic carbocycles. The van der Waals surface area contributed by atoms with Crippen LogP contribution in [-0.2, 0) is 6.54 Å². The molecule has 0 amide bonds. The van der Waals surface area contributed by atoms with Crippen LogP contribution in [0.2, 0.25) is 0 Å². The minimum atomic E-state index is 0.184. The Labute approximate surface area is 177 Å². The lowest BCUT2D eigenvalue weighted by Gasteiger charge is -2.11. The predicted molar refractivity (Wildman–Crippen MR) is 119 cm³/mol. The minimum absolute atomic E-state index is 0.184. The topological polar surface area (TPSA) is 124 Å². The van der Waals surface area contributed by atoms with Crippen molar-refractivity contribution in [2.24, 2.45) is 0 Å². The summed E-state index contributed by atoms with van der Waals surface area (Å²) in [4.78, 5) is 16.6. The van der Waals surface area contributed by atoms with Gasteiger partial charge in [-0.1, -0.05) is 6.07 Å². The molecule has 0 aliphatic heterocycles. The lowest BCUT2D eigenvalue weighted by Crippen LogP contribution is -2.09. The number of aromatic hydroxyl groups is 1. The fourth-order valence-corrected chi connectivity index (χ4v) is 3.07. The van der Waals surface area contributed by atoms with Crippen molar-refractivity contribution in [3.05, 3.63) is 78.9 Å². The van der Waals surface area contributed by atoms with Gasteiger partial charge < -0.3 is 30.5 Å². The Hall–Kier alpha value is -4.53.